The number of amides is 1. The Labute approximate surface area is 103 Å². The molecule has 1 aromatic carbocycles. The van der Waals surface area contributed by atoms with Crippen LogP contribution in [0.2, 0.25) is 0 Å². The SMILES string of the molecule is CNCCCN(C)C(=O)c1ccc(OC)cc1. The molecular formula is C13H20N2O2. The van der Waals surface area contributed by atoms with E-state index >= 15 is 0 Å². The Balaban J connectivity index is 2.55. The minimum absolute atomic E-state index is 0.0451. The summed E-state index contributed by atoms with van der Waals surface area (Å²) in [5.41, 5.74) is 0.692. The van der Waals surface area contributed by atoms with E-state index in [4.69, 9.17) is 4.74 Å². The molecule has 4 nitrogen and oxygen atoms in total. The zero-order valence-electron chi connectivity index (χ0n) is 10.7. The van der Waals surface area contributed by atoms with E-state index in [1.165, 1.54) is 0 Å². The predicted octanol–water partition coefficient (Wildman–Crippen LogP) is 1.38. The van der Waals surface area contributed by atoms with Gasteiger partial charge < -0.3 is 15.0 Å². The van der Waals surface area contributed by atoms with Gasteiger partial charge in [0.15, 0.2) is 0 Å². The highest BCUT2D eigenvalue weighted by molar-refractivity contribution is 5.94. The predicted molar refractivity (Wildman–Crippen MR) is 68.5 cm³/mol. The summed E-state index contributed by atoms with van der Waals surface area (Å²) in [6.45, 7) is 1.67. The lowest BCUT2D eigenvalue weighted by atomic mass is 10.2. The number of methoxy groups -OCH3 is 1. The molecule has 1 aromatic rings. The van der Waals surface area contributed by atoms with Crippen LogP contribution in [0.3, 0.4) is 0 Å². The molecule has 0 atom stereocenters. The molecule has 1 N–H and O–H groups in total. The quantitative estimate of drug-likeness (QED) is 0.759. The van der Waals surface area contributed by atoms with Gasteiger partial charge >= 0.3 is 0 Å². The molecule has 0 radical (unpaired) electrons. The van der Waals surface area contributed by atoms with E-state index in [9.17, 15) is 4.79 Å². The fourth-order valence-electron chi connectivity index (χ4n) is 1.55. The second kappa shape index (κ2) is 6.91. The summed E-state index contributed by atoms with van der Waals surface area (Å²) < 4.78 is 5.06. The van der Waals surface area contributed by atoms with Crippen LogP contribution in [0.5, 0.6) is 5.75 Å². The summed E-state index contributed by atoms with van der Waals surface area (Å²) in [6, 6.07) is 7.18. The Bertz CT molecular complexity index is 349. The summed E-state index contributed by atoms with van der Waals surface area (Å²) >= 11 is 0. The first kappa shape index (κ1) is 13.5. The highest BCUT2D eigenvalue weighted by atomic mass is 16.5. The summed E-state index contributed by atoms with van der Waals surface area (Å²) in [4.78, 5) is 13.7. The van der Waals surface area contributed by atoms with Gasteiger partial charge in [-0.1, -0.05) is 0 Å². The van der Waals surface area contributed by atoms with Gasteiger partial charge in [-0.3, -0.25) is 4.79 Å². The van der Waals surface area contributed by atoms with Gasteiger partial charge in [0.2, 0.25) is 0 Å². The van der Waals surface area contributed by atoms with E-state index in [0.717, 1.165) is 25.3 Å². The molecule has 0 unspecified atom stereocenters. The minimum atomic E-state index is 0.0451. The molecule has 0 heterocycles. The minimum Gasteiger partial charge on any atom is -0.497 e. The van der Waals surface area contributed by atoms with Crippen LogP contribution in [0.15, 0.2) is 24.3 Å². The number of rotatable bonds is 6. The first-order valence-corrected chi connectivity index (χ1v) is 5.73. The fourth-order valence-corrected chi connectivity index (χ4v) is 1.55. The Hall–Kier alpha value is -1.55. The first-order chi connectivity index (χ1) is 8.19. The topological polar surface area (TPSA) is 41.6 Å². The third kappa shape index (κ3) is 4.07. The molecular weight excluding hydrogens is 216 g/mol. The molecule has 0 aromatic heterocycles. The lowest BCUT2D eigenvalue weighted by Gasteiger charge is -2.17. The molecule has 0 bridgehead atoms. The van der Waals surface area contributed by atoms with Crippen molar-refractivity contribution in [3.05, 3.63) is 29.8 Å². The second-order valence-corrected chi connectivity index (χ2v) is 3.91. The van der Waals surface area contributed by atoms with Gasteiger partial charge in [0.05, 0.1) is 7.11 Å². The van der Waals surface area contributed by atoms with Crippen molar-refractivity contribution in [2.24, 2.45) is 0 Å². The molecule has 17 heavy (non-hydrogen) atoms. The molecule has 94 valence electrons. The average Bonchev–Trinajstić information content (AvgIpc) is 2.38. The third-order valence-electron chi connectivity index (χ3n) is 2.60. The van der Waals surface area contributed by atoms with Crippen LogP contribution in [0.25, 0.3) is 0 Å². The number of hydrogen-bond donors (Lipinski definition) is 1. The molecule has 0 fully saturated rings. The maximum Gasteiger partial charge on any atom is 0.253 e. The number of carbonyl (C=O) groups is 1. The zero-order valence-corrected chi connectivity index (χ0v) is 10.7. The van der Waals surface area contributed by atoms with Crippen LogP contribution in [0.1, 0.15) is 16.8 Å². The summed E-state index contributed by atoms with van der Waals surface area (Å²) in [5.74, 6) is 0.808. The van der Waals surface area contributed by atoms with Gasteiger partial charge in [-0.15, -0.1) is 0 Å². The van der Waals surface area contributed by atoms with E-state index in [2.05, 4.69) is 5.32 Å². The van der Waals surface area contributed by atoms with Gasteiger partial charge in [-0.25, -0.2) is 0 Å². The van der Waals surface area contributed by atoms with Crippen molar-refractivity contribution in [2.45, 2.75) is 6.42 Å². The number of ether oxygens (including phenoxy) is 1. The maximum atomic E-state index is 12.0. The molecule has 0 saturated carbocycles. The molecule has 0 aliphatic carbocycles. The van der Waals surface area contributed by atoms with Gasteiger partial charge in [0, 0.05) is 19.2 Å². The van der Waals surface area contributed by atoms with Crippen molar-refractivity contribution in [3.63, 3.8) is 0 Å². The lowest BCUT2D eigenvalue weighted by molar-refractivity contribution is 0.0793. The Kier molecular flexibility index (Phi) is 5.49. The van der Waals surface area contributed by atoms with Crippen LogP contribution >= 0.6 is 0 Å². The second-order valence-electron chi connectivity index (χ2n) is 3.91. The largest absolute Gasteiger partial charge is 0.497 e. The fraction of sp³-hybridized carbons (Fsp3) is 0.462. The Morgan fingerprint density at radius 3 is 2.53 bits per heavy atom. The maximum absolute atomic E-state index is 12.0. The van der Waals surface area contributed by atoms with E-state index in [-0.39, 0.29) is 5.91 Å². The van der Waals surface area contributed by atoms with Crippen LogP contribution in [0, 0.1) is 0 Å². The molecule has 0 spiro atoms. The van der Waals surface area contributed by atoms with Crippen molar-refractivity contribution < 1.29 is 9.53 Å². The summed E-state index contributed by atoms with van der Waals surface area (Å²) in [7, 11) is 5.34. The zero-order chi connectivity index (χ0) is 12.7. The van der Waals surface area contributed by atoms with Gasteiger partial charge in [-0.05, 0) is 44.3 Å². The van der Waals surface area contributed by atoms with Crippen LogP contribution in [-0.4, -0.2) is 45.1 Å². The lowest BCUT2D eigenvalue weighted by Crippen LogP contribution is -2.29. The summed E-state index contributed by atoms with van der Waals surface area (Å²) in [6.07, 6.45) is 0.953. The van der Waals surface area contributed by atoms with E-state index in [1.807, 2.05) is 14.1 Å². The van der Waals surface area contributed by atoms with Crippen LogP contribution in [0.4, 0.5) is 0 Å². The molecule has 1 amide bonds. The van der Waals surface area contributed by atoms with Crippen molar-refractivity contribution in [3.8, 4) is 5.75 Å². The van der Waals surface area contributed by atoms with Gasteiger partial charge in [0.25, 0.3) is 5.91 Å². The highest BCUT2D eigenvalue weighted by Crippen LogP contribution is 2.12. The van der Waals surface area contributed by atoms with Crippen molar-refractivity contribution in [1.82, 2.24) is 10.2 Å². The van der Waals surface area contributed by atoms with Crippen molar-refractivity contribution >= 4 is 5.91 Å². The van der Waals surface area contributed by atoms with Crippen molar-refractivity contribution in [1.29, 1.82) is 0 Å². The molecule has 4 heteroatoms. The van der Waals surface area contributed by atoms with E-state index < -0.39 is 0 Å². The Morgan fingerprint density at radius 1 is 1.35 bits per heavy atom. The third-order valence-corrected chi connectivity index (χ3v) is 2.60. The first-order valence-electron chi connectivity index (χ1n) is 5.73. The van der Waals surface area contributed by atoms with Crippen LogP contribution < -0.4 is 10.1 Å². The standard InChI is InChI=1S/C13H20N2O2/c1-14-9-4-10-15(2)13(16)11-5-7-12(17-3)8-6-11/h5-8,14H,4,9-10H2,1-3H3. The number of benzene rings is 1. The molecule has 0 saturated heterocycles. The van der Waals surface area contributed by atoms with Gasteiger partial charge in [-0.2, -0.15) is 0 Å². The summed E-state index contributed by atoms with van der Waals surface area (Å²) in [5, 5.41) is 3.06. The van der Waals surface area contributed by atoms with Gasteiger partial charge in [0.1, 0.15) is 5.75 Å². The highest BCUT2D eigenvalue weighted by Gasteiger charge is 2.10. The molecule has 1 rings (SSSR count). The van der Waals surface area contributed by atoms with E-state index in [1.54, 1.807) is 36.3 Å². The number of carbonyl (C=O) groups excluding carboxylic acids is 1. The number of hydrogen-bond acceptors (Lipinski definition) is 3. The molecule has 0 aliphatic heterocycles. The normalized spacial score (nSPS) is 10.1. The number of nitrogens with one attached hydrogen (secondary N) is 1. The molecule has 0 aliphatic rings. The average molecular weight is 236 g/mol. The smallest absolute Gasteiger partial charge is 0.253 e. The monoisotopic (exact) mass is 236 g/mol. The van der Waals surface area contributed by atoms with E-state index in [0.29, 0.717) is 5.56 Å². The van der Waals surface area contributed by atoms with Crippen molar-refractivity contribution in [2.75, 3.05) is 34.3 Å². The van der Waals surface area contributed by atoms with Crippen LogP contribution in [-0.2, 0) is 0 Å². The Morgan fingerprint density at radius 2 is 2.00 bits per heavy atom. The number of nitrogens with zero attached hydrogens (tertiary/aromatic N) is 1.